The Hall–Kier alpha value is -0.0000000000000000555. The number of halogens is 1. The van der Waals surface area contributed by atoms with E-state index in [0.29, 0.717) is 6.04 Å². The Bertz CT molecular complexity index is 264. The number of nitrogens with one attached hydrogen (secondary N) is 1. The molecule has 0 bridgehead atoms. The molecule has 1 heterocycles. The van der Waals surface area contributed by atoms with Crippen molar-refractivity contribution in [1.29, 1.82) is 0 Å². The first-order chi connectivity index (χ1) is 6.72. The third kappa shape index (κ3) is 4.48. The van der Waals surface area contributed by atoms with Crippen LogP contribution in [0.3, 0.4) is 0 Å². The van der Waals surface area contributed by atoms with E-state index in [4.69, 9.17) is 0 Å². The van der Waals surface area contributed by atoms with Gasteiger partial charge < -0.3 is 5.32 Å². The standard InChI is InChI=1S/C9H16BrN3S/c1-8(11-3-4-14-2)6-13-7-9(10)5-12-13/h5,7-8,11H,3-4,6H2,1-2H3. The first-order valence-electron chi connectivity index (χ1n) is 4.62. The van der Waals surface area contributed by atoms with Crippen LogP contribution in [0.1, 0.15) is 6.92 Å². The molecule has 1 aromatic heterocycles. The quantitative estimate of drug-likeness (QED) is 0.807. The smallest absolute Gasteiger partial charge is 0.0632 e. The molecule has 1 unspecified atom stereocenters. The van der Waals surface area contributed by atoms with Crippen LogP contribution in [0.5, 0.6) is 0 Å². The lowest BCUT2D eigenvalue weighted by Crippen LogP contribution is -2.32. The molecule has 14 heavy (non-hydrogen) atoms. The second-order valence-electron chi connectivity index (χ2n) is 3.23. The van der Waals surface area contributed by atoms with Crippen LogP contribution in [0, 0.1) is 0 Å². The molecule has 80 valence electrons. The monoisotopic (exact) mass is 277 g/mol. The molecule has 1 atom stereocenters. The summed E-state index contributed by atoms with van der Waals surface area (Å²) in [6, 6.07) is 0.467. The second kappa shape index (κ2) is 6.48. The van der Waals surface area contributed by atoms with Crippen molar-refractivity contribution in [3.63, 3.8) is 0 Å². The molecule has 0 aliphatic heterocycles. The number of nitrogens with zero attached hydrogens (tertiary/aromatic N) is 2. The molecule has 0 radical (unpaired) electrons. The van der Waals surface area contributed by atoms with E-state index in [1.54, 1.807) is 0 Å². The summed E-state index contributed by atoms with van der Waals surface area (Å²) in [5.74, 6) is 1.16. The molecule has 0 saturated heterocycles. The predicted molar refractivity (Wildman–Crippen MR) is 65.8 cm³/mol. The van der Waals surface area contributed by atoms with Crippen LogP contribution in [0.2, 0.25) is 0 Å². The van der Waals surface area contributed by atoms with Gasteiger partial charge in [0.05, 0.1) is 17.2 Å². The van der Waals surface area contributed by atoms with Crippen LogP contribution in [-0.4, -0.2) is 34.4 Å². The van der Waals surface area contributed by atoms with Gasteiger partial charge in [-0.05, 0) is 29.1 Å². The molecule has 0 spiro atoms. The van der Waals surface area contributed by atoms with E-state index >= 15 is 0 Å². The van der Waals surface area contributed by atoms with Gasteiger partial charge in [-0.3, -0.25) is 4.68 Å². The first kappa shape index (κ1) is 12.1. The highest BCUT2D eigenvalue weighted by Gasteiger charge is 2.02. The topological polar surface area (TPSA) is 29.9 Å². The van der Waals surface area contributed by atoms with Crippen molar-refractivity contribution in [3.05, 3.63) is 16.9 Å². The van der Waals surface area contributed by atoms with Crippen molar-refractivity contribution in [1.82, 2.24) is 15.1 Å². The Balaban J connectivity index is 2.23. The minimum atomic E-state index is 0.467. The van der Waals surface area contributed by atoms with Crippen molar-refractivity contribution >= 4 is 27.7 Å². The molecule has 0 aliphatic rings. The van der Waals surface area contributed by atoms with Gasteiger partial charge in [-0.25, -0.2) is 0 Å². The van der Waals surface area contributed by atoms with Crippen LogP contribution in [0.25, 0.3) is 0 Å². The Labute approximate surface area is 97.8 Å². The van der Waals surface area contributed by atoms with Gasteiger partial charge in [0.25, 0.3) is 0 Å². The lowest BCUT2D eigenvalue weighted by atomic mass is 10.3. The van der Waals surface area contributed by atoms with E-state index in [-0.39, 0.29) is 0 Å². The van der Waals surface area contributed by atoms with Gasteiger partial charge in [0, 0.05) is 24.5 Å². The van der Waals surface area contributed by atoms with Crippen LogP contribution in [-0.2, 0) is 6.54 Å². The lowest BCUT2D eigenvalue weighted by molar-refractivity contribution is 0.462. The lowest BCUT2D eigenvalue weighted by Gasteiger charge is -2.12. The Morgan fingerprint density at radius 2 is 2.50 bits per heavy atom. The molecule has 0 aromatic carbocycles. The number of hydrogen-bond acceptors (Lipinski definition) is 3. The third-order valence-corrected chi connectivity index (χ3v) is 2.88. The minimum absolute atomic E-state index is 0.467. The number of aromatic nitrogens is 2. The summed E-state index contributed by atoms with van der Waals surface area (Å²) < 4.78 is 2.98. The van der Waals surface area contributed by atoms with E-state index in [1.165, 1.54) is 0 Å². The molecule has 1 rings (SSSR count). The maximum atomic E-state index is 4.21. The summed E-state index contributed by atoms with van der Waals surface area (Å²) in [7, 11) is 0. The van der Waals surface area contributed by atoms with Gasteiger partial charge >= 0.3 is 0 Å². The predicted octanol–water partition coefficient (Wildman–Crippen LogP) is 1.99. The van der Waals surface area contributed by atoms with Crippen molar-refractivity contribution in [3.8, 4) is 0 Å². The Morgan fingerprint density at radius 3 is 3.07 bits per heavy atom. The van der Waals surface area contributed by atoms with E-state index in [0.717, 1.165) is 23.3 Å². The van der Waals surface area contributed by atoms with Crippen LogP contribution >= 0.6 is 27.7 Å². The van der Waals surface area contributed by atoms with Crippen molar-refractivity contribution in [2.75, 3.05) is 18.6 Å². The summed E-state index contributed by atoms with van der Waals surface area (Å²) in [4.78, 5) is 0. The summed E-state index contributed by atoms with van der Waals surface area (Å²) >= 11 is 5.24. The molecule has 0 fully saturated rings. The van der Waals surface area contributed by atoms with Gasteiger partial charge in [-0.2, -0.15) is 16.9 Å². The molecule has 0 saturated carbocycles. The minimum Gasteiger partial charge on any atom is -0.312 e. The van der Waals surface area contributed by atoms with Gasteiger partial charge in [-0.15, -0.1) is 0 Å². The molecular weight excluding hydrogens is 262 g/mol. The molecule has 5 heteroatoms. The maximum Gasteiger partial charge on any atom is 0.0632 e. The summed E-state index contributed by atoms with van der Waals surface area (Å²) in [6.45, 7) is 4.15. The highest BCUT2D eigenvalue weighted by atomic mass is 79.9. The van der Waals surface area contributed by atoms with Gasteiger partial charge in [0.15, 0.2) is 0 Å². The number of thioether (sulfide) groups is 1. The summed E-state index contributed by atoms with van der Waals surface area (Å²) in [5.41, 5.74) is 0. The fourth-order valence-corrected chi connectivity index (χ4v) is 1.84. The highest BCUT2D eigenvalue weighted by molar-refractivity contribution is 9.10. The Kier molecular flexibility index (Phi) is 5.59. The zero-order chi connectivity index (χ0) is 10.4. The van der Waals surface area contributed by atoms with Crippen molar-refractivity contribution < 1.29 is 0 Å². The second-order valence-corrected chi connectivity index (χ2v) is 5.13. The number of hydrogen-bond donors (Lipinski definition) is 1. The highest BCUT2D eigenvalue weighted by Crippen LogP contribution is 2.06. The Morgan fingerprint density at radius 1 is 1.71 bits per heavy atom. The first-order valence-corrected chi connectivity index (χ1v) is 6.81. The zero-order valence-electron chi connectivity index (χ0n) is 8.53. The fourth-order valence-electron chi connectivity index (χ4n) is 1.19. The zero-order valence-corrected chi connectivity index (χ0v) is 10.9. The largest absolute Gasteiger partial charge is 0.312 e. The maximum absolute atomic E-state index is 4.21. The SMILES string of the molecule is CSCCNC(C)Cn1cc(Br)cn1. The van der Waals surface area contributed by atoms with E-state index < -0.39 is 0 Å². The molecule has 0 amide bonds. The van der Waals surface area contributed by atoms with Gasteiger partial charge in [0.2, 0.25) is 0 Å². The van der Waals surface area contributed by atoms with Crippen LogP contribution in [0.4, 0.5) is 0 Å². The normalized spacial score (nSPS) is 13.1. The molecular formula is C9H16BrN3S. The van der Waals surface area contributed by atoms with E-state index in [2.05, 4.69) is 39.5 Å². The molecule has 0 aliphatic carbocycles. The number of rotatable bonds is 6. The van der Waals surface area contributed by atoms with Gasteiger partial charge in [0.1, 0.15) is 0 Å². The average Bonchev–Trinajstić information content (AvgIpc) is 2.52. The van der Waals surface area contributed by atoms with Crippen molar-refractivity contribution in [2.24, 2.45) is 0 Å². The van der Waals surface area contributed by atoms with Crippen molar-refractivity contribution in [2.45, 2.75) is 19.5 Å². The molecule has 1 N–H and O–H groups in total. The summed E-state index contributed by atoms with van der Waals surface area (Å²) in [6.07, 6.45) is 5.93. The third-order valence-electron chi connectivity index (χ3n) is 1.86. The van der Waals surface area contributed by atoms with Gasteiger partial charge in [-0.1, -0.05) is 0 Å². The van der Waals surface area contributed by atoms with Crippen LogP contribution < -0.4 is 5.32 Å². The molecule has 3 nitrogen and oxygen atoms in total. The fraction of sp³-hybridized carbons (Fsp3) is 0.667. The summed E-state index contributed by atoms with van der Waals surface area (Å²) in [5, 5.41) is 7.65. The van der Waals surface area contributed by atoms with E-state index in [1.807, 2.05) is 28.8 Å². The van der Waals surface area contributed by atoms with E-state index in [9.17, 15) is 0 Å². The average molecular weight is 278 g/mol. The molecule has 1 aromatic rings. The van der Waals surface area contributed by atoms with Crippen LogP contribution in [0.15, 0.2) is 16.9 Å².